The first kappa shape index (κ1) is 21.7. The van der Waals surface area contributed by atoms with Crippen LogP contribution in [0.3, 0.4) is 0 Å². The zero-order valence-corrected chi connectivity index (χ0v) is 19.0. The van der Waals surface area contributed by atoms with Crippen LogP contribution in [0.2, 0.25) is 0 Å². The lowest BCUT2D eigenvalue weighted by Crippen LogP contribution is -2.51. The van der Waals surface area contributed by atoms with E-state index in [1.54, 1.807) is 11.3 Å². The normalized spacial score (nSPS) is 15.8. The molecular formula is C24H30N4O2S. The zero-order chi connectivity index (χ0) is 21.6. The third kappa shape index (κ3) is 5.42. The number of carbonyl (C=O) groups is 1. The summed E-state index contributed by atoms with van der Waals surface area (Å²) >= 11 is 1.60. The Labute approximate surface area is 187 Å². The molecule has 1 aliphatic heterocycles. The Kier molecular flexibility index (Phi) is 7.17. The minimum absolute atomic E-state index is 0.0679. The quantitative estimate of drug-likeness (QED) is 0.582. The summed E-state index contributed by atoms with van der Waals surface area (Å²) in [6, 6.07) is 14.5. The van der Waals surface area contributed by atoms with Crippen molar-refractivity contribution in [3.63, 3.8) is 0 Å². The molecule has 0 radical (unpaired) electrons. The zero-order valence-electron chi connectivity index (χ0n) is 18.2. The predicted molar refractivity (Wildman–Crippen MR) is 124 cm³/mol. The van der Waals surface area contributed by atoms with Gasteiger partial charge in [-0.2, -0.15) is 5.10 Å². The monoisotopic (exact) mass is 438 g/mol. The summed E-state index contributed by atoms with van der Waals surface area (Å²) in [5, 5.41) is 9.96. The van der Waals surface area contributed by atoms with Gasteiger partial charge in [-0.1, -0.05) is 50.2 Å². The molecule has 31 heavy (non-hydrogen) atoms. The largest absolute Gasteiger partial charge is 0.379 e. The van der Waals surface area contributed by atoms with Gasteiger partial charge < -0.3 is 10.1 Å². The van der Waals surface area contributed by atoms with Gasteiger partial charge in [0.2, 0.25) is 0 Å². The molecule has 7 heteroatoms. The van der Waals surface area contributed by atoms with Crippen molar-refractivity contribution in [2.75, 3.05) is 32.8 Å². The topological polar surface area (TPSA) is 59.4 Å². The molecule has 1 unspecified atom stereocenters. The standard InChI is InChI=1S/C24H30N4O2S/c1-18(2)21(27-10-12-30-13-11-27)15-25-24(29)20-17-28(16-19-7-4-3-5-8-19)26-23(20)22-9-6-14-31-22/h3-9,14,17-18,21H,10-13,15-16H2,1-2H3,(H,25,29). The van der Waals surface area contributed by atoms with Crippen molar-refractivity contribution in [3.8, 4) is 10.6 Å². The fourth-order valence-corrected chi connectivity index (χ4v) is 4.75. The van der Waals surface area contributed by atoms with Crippen LogP contribution in [0, 0.1) is 5.92 Å². The van der Waals surface area contributed by atoms with Gasteiger partial charge in [0, 0.05) is 31.9 Å². The molecule has 164 valence electrons. The van der Waals surface area contributed by atoms with Crippen molar-refractivity contribution < 1.29 is 9.53 Å². The van der Waals surface area contributed by atoms with Gasteiger partial charge in [-0.25, -0.2) is 0 Å². The third-order valence-electron chi connectivity index (χ3n) is 5.70. The molecule has 1 N–H and O–H groups in total. The summed E-state index contributed by atoms with van der Waals surface area (Å²) in [4.78, 5) is 16.7. The molecule has 3 heterocycles. The first-order valence-electron chi connectivity index (χ1n) is 10.9. The molecule has 1 amide bonds. The van der Waals surface area contributed by atoms with E-state index >= 15 is 0 Å². The number of rotatable bonds is 8. The number of amides is 1. The van der Waals surface area contributed by atoms with Crippen LogP contribution in [0.1, 0.15) is 29.8 Å². The number of hydrogen-bond donors (Lipinski definition) is 1. The molecular weight excluding hydrogens is 408 g/mol. The first-order chi connectivity index (χ1) is 15.1. The summed E-state index contributed by atoms with van der Waals surface area (Å²) in [7, 11) is 0. The van der Waals surface area contributed by atoms with Gasteiger partial charge in [0.15, 0.2) is 0 Å². The van der Waals surface area contributed by atoms with Crippen LogP contribution in [0.25, 0.3) is 10.6 Å². The number of aromatic nitrogens is 2. The molecule has 6 nitrogen and oxygen atoms in total. The number of benzene rings is 1. The molecule has 1 aliphatic rings. The lowest BCUT2D eigenvalue weighted by Gasteiger charge is -2.36. The van der Waals surface area contributed by atoms with Crippen LogP contribution in [0.4, 0.5) is 0 Å². The Bertz CT molecular complexity index is 963. The molecule has 0 saturated carbocycles. The second-order valence-corrected chi connectivity index (χ2v) is 9.17. The van der Waals surface area contributed by atoms with Gasteiger partial charge in [-0.05, 0) is 22.9 Å². The molecule has 4 rings (SSSR count). The van der Waals surface area contributed by atoms with Crippen molar-refractivity contribution in [1.29, 1.82) is 0 Å². The van der Waals surface area contributed by atoms with Crippen LogP contribution in [-0.2, 0) is 11.3 Å². The van der Waals surface area contributed by atoms with Crippen LogP contribution in [0.15, 0.2) is 54.0 Å². The maximum atomic E-state index is 13.2. The molecule has 3 aromatic rings. The van der Waals surface area contributed by atoms with Gasteiger partial charge in [0.05, 0.1) is 30.2 Å². The fraction of sp³-hybridized carbons (Fsp3) is 0.417. The highest BCUT2D eigenvalue weighted by molar-refractivity contribution is 7.13. The van der Waals surface area contributed by atoms with Gasteiger partial charge in [0.25, 0.3) is 5.91 Å². The van der Waals surface area contributed by atoms with Crippen LogP contribution < -0.4 is 5.32 Å². The highest BCUT2D eigenvalue weighted by Gasteiger charge is 2.25. The Morgan fingerprint density at radius 3 is 2.61 bits per heavy atom. The second-order valence-electron chi connectivity index (χ2n) is 8.22. The summed E-state index contributed by atoms with van der Waals surface area (Å²) < 4.78 is 7.36. The van der Waals surface area contributed by atoms with Gasteiger partial charge in [-0.15, -0.1) is 11.3 Å². The Balaban J connectivity index is 1.52. The van der Waals surface area contributed by atoms with Crippen molar-refractivity contribution in [1.82, 2.24) is 20.0 Å². The maximum Gasteiger partial charge on any atom is 0.255 e. The van der Waals surface area contributed by atoms with Crippen molar-refractivity contribution >= 4 is 17.2 Å². The number of carbonyl (C=O) groups excluding carboxylic acids is 1. The molecule has 0 bridgehead atoms. The number of hydrogen-bond acceptors (Lipinski definition) is 5. The minimum Gasteiger partial charge on any atom is -0.379 e. The molecule has 2 aromatic heterocycles. The van der Waals surface area contributed by atoms with E-state index in [-0.39, 0.29) is 11.9 Å². The lowest BCUT2D eigenvalue weighted by molar-refractivity contribution is 0.00673. The maximum absolute atomic E-state index is 13.2. The van der Waals surface area contributed by atoms with Crippen LogP contribution in [-0.4, -0.2) is 59.5 Å². The molecule has 0 aliphatic carbocycles. The van der Waals surface area contributed by atoms with E-state index in [9.17, 15) is 4.79 Å². The number of ether oxygens (including phenoxy) is 1. The number of thiophene rings is 1. The SMILES string of the molecule is CC(C)C(CNC(=O)c1cn(Cc2ccccc2)nc1-c1cccs1)N1CCOCC1. The van der Waals surface area contributed by atoms with E-state index in [0.717, 1.165) is 42.4 Å². The predicted octanol–water partition coefficient (Wildman–Crippen LogP) is 3.75. The number of nitrogens with zero attached hydrogens (tertiary/aromatic N) is 3. The van der Waals surface area contributed by atoms with E-state index in [0.29, 0.717) is 24.6 Å². The highest BCUT2D eigenvalue weighted by Crippen LogP contribution is 2.27. The van der Waals surface area contributed by atoms with Crippen LogP contribution in [0.5, 0.6) is 0 Å². The van der Waals surface area contributed by atoms with E-state index in [1.807, 2.05) is 46.6 Å². The second kappa shape index (κ2) is 10.2. The minimum atomic E-state index is -0.0679. The molecule has 1 atom stereocenters. The summed E-state index contributed by atoms with van der Waals surface area (Å²) in [5.74, 6) is 0.373. The van der Waals surface area contributed by atoms with Crippen molar-refractivity contribution in [3.05, 3.63) is 65.2 Å². The van der Waals surface area contributed by atoms with Gasteiger partial charge in [-0.3, -0.25) is 14.4 Å². The molecule has 1 saturated heterocycles. The average molecular weight is 439 g/mol. The highest BCUT2D eigenvalue weighted by atomic mass is 32.1. The Hall–Kier alpha value is -2.48. The summed E-state index contributed by atoms with van der Waals surface area (Å²) in [5.41, 5.74) is 2.53. The Morgan fingerprint density at radius 2 is 1.94 bits per heavy atom. The summed E-state index contributed by atoms with van der Waals surface area (Å²) in [6.45, 7) is 9.00. The number of morpholine rings is 1. The Morgan fingerprint density at radius 1 is 1.16 bits per heavy atom. The molecule has 1 aromatic carbocycles. The van der Waals surface area contributed by atoms with Gasteiger partial charge in [0.1, 0.15) is 5.69 Å². The van der Waals surface area contributed by atoms with E-state index in [4.69, 9.17) is 9.84 Å². The van der Waals surface area contributed by atoms with Crippen LogP contribution >= 0.6 is 11.3 Å². The van der Waals surface area contributed by atoms with E-state index in [2.05, 4.69) is 36.2 Å². The van der Waals surface area contributed by atoms with E-state index < -0.39 is 0 Å². The lowest BCUT2D eigenvalue weighted by atomic mass is 10.0. The molecule has 1 fully saturated rings. The number of nitrogens with one attached hydrogen (secondary N) is 1. The summed E-state index contributed by atoms with van der Waals surface area (Å²) in [6.07, 6.45) is 1.87. The van der Waals surface area contributed by atoms with Gasteiger partial charge >= 0.3 is 0 Å². The fourth-order valence-electron chi connectivity index (χ4n) is 4.02. The molecule has 0 spiro atoms. The van der Waals surface area contributed by atoms with Crippen molar-refractivity contribution in [2.24, 2.45) is 5.92 Å². The van der Waals surface area contributed by atoms with E-state index in [1.165, 1.54) is 0 Å². The third-order valence-corrected chi connectivity index (χ3v) is 6.58. The first-order valence-corrected chi connectivity index (χ1v) is 11.7. The smallest absolute Gasteiger partial charge is 0.255 e. The van der Waals surface area contributed by atoms with Crippen molar-refractivity contribution in [2.45, 2.75) is 26.4 Å². The average Bonchev–Trinajstić information content (AvgIpc) is 3.45.